The standard InChI is InChI=1S/C11H12N2O2/c1-13-10(14)7-9(12-11(13)15)8-5-3-2-4-6-8/h2-6,9H,7H2,1H3,(H,12,15). The molecule has 1 aromatic rings. The molecule has 1 aliphatic heterocycles. The average Bonchev–Trinajstić information content (AvgIpc) is 2.26. The predicted octanol–water partition coefficient (Wildman–Crippen LogP) is 1.30. The summed E-state index contributed by atoms with van der Waals surface area (Å²) in [4.78, 5) is 23.9. The van der Waals surface area contributed by atoms with Crippen LogP contribution in [0.2, 0.25) is 0 Å². The molecule has 1 unspecified atom stereocenters. The Balaban J connectivity index is 2.20. The number of hydrogen-bond acceptors (Lipinski definition) is 2. The zero-order valence-electron chi connectivity index (χ0n) is 8.43. The maximum absolute atomic E-state index is 11.5. The Bertz CT molecular complexity index is 371. The minimum absolute atomic E-state index is 0.146. The molecule has 0 saturated carbocycles. The van der Waals surface area contributed by atoms with Gasteiger partial charge in [-0.25, -0.2) is 4.79 Å². The molecular weight excluding hydrogens is 192 g/mol. The van der Waals surface area contributed by atoms with E-state index in [4.69, 9.17) is 0 Å². The van der Waals surface area contributed by atoms with Gasteiger partial charge in [-0.3, -0.25) is 9.69 Å². The number of carbonyl (C=O) groups excluding carboxylic acids is 2. The number of imide groups is 1. The molecular formula is C11H12N2O2. The Kier molecular flexibility index (Phi) is 2.41. The normalized spacial score (nSPS) is 21.4. The summed E-state index contributed by atoms with van der Waals surface area (Å²) < 4.78 is 0. The quantitative estimate of drug-likeness (QED) is 0.749. The molecule has 0 bridgehead atoms. The van der Waals surface area contributed by atoms with Crippen LogP contribution in [0.3, 0.4) is 0 Å². The van der Waals surface area contributed by atoms with Gasteiger partial charge in [0, 0.05) is 7.05 Å². The first-order valence-electron chi connectivity index (χ1n) is 4.80. The first-order chi connectivity index (χ1) is 7.18. The van der Waals surface area contributed by atoms with E-state index in [9.17, 15) is 9.59 Å². The van der Waals surface area contributed by atoms with E-state index < -0.39 is 0 Å². The van der Waals surface area contributed by atoms with Crippen LogP contribution >= 0.6 is 0 Å². The van der Waals surface area contributed by atoms with Crippen LogP contribution in [0.5, 0.6) is 0 Å². The van der Waals surface area contributed by atoms with Gasteiger partial charge in [0.05, 0.1) is 12.5 Å². The van der Waals surface area contributed by atoms with Crippen molar-refractivity contribution in [1.29, 1.82) is 0 Å². The van der Waals surface area contributed by atoms with Crippen LogP contribution in [0.1, 0.15) is 18.0 Å². The van der Waals surface area contributed by atoms with Crippen LogP contribution in [0, 0.1) is 0 Å². The van der Waals surface area contributed by atoms with E-state index >= 15 is 0 Å². The van der Waals surface area contributed by atoms with Crippen molar-refractivity contribution in [2.24, 2.45) is 0 Å². The molecule has 0 aromatic heterocycles. The third kappa shape index (κ3) is 1.83. The Hall–Kier alpha value is -1.84. The summed E-state index contributed by atoms with van der Waals surface area (Å²) in [6, 6.07) is 8.98. The number of hydrogen-bond donors (Lipinski definition) is 1. The van der Waals surface area contributed by atoms with E-state index in [0.717, 1.165) is 10.5 Å². The smallest absolute Gasteiger partial charge is 0.324 e. The molecule has 2 rings (SSSR count). The van der Waals surface area contributed by atoms with Crippen molar-refractivity contribution in [1.82, 2.24) is 10.2 Å². The topological polar surface area (TPSA) is 49.4 Å². The third-order valence-corrected chi connectivity index (χ3v) is 2.56. The average molecular weight is 204 g/mol. The Morgan fingerprint density at radius 2 is 1.93 bits per heavy atom. The summed E-state index contributed by atoms with van der Waals surface area (Å²) >= 11 is 0. The molecule has 1 aromatic carbocycles. The molecule has 0 spiro atoms. The van der Waals surface area contributed by atoms with Crippen LogP contribution in [0.15, 0.2) is 30.3 Å². The van der Waals surface area contributed by atoms with E-state index in [1.54, 1.807) is 0 Å². The molecule has 0 aliphatic carbocycles. The van der Waals surface area contributed by atoms with E-state index in [0.29, 0.717) is 6.42 Å². The zero-order chi connectivity index (χ0) is 10.8. The fourth-order valence-electron chi connectivity index (χ4n) is 1.61. The first-order valence-corrected chi connectivity index (χ1v) is 4.80. The highest BCUT2D eigenvalue weighted by Crippen LogP contribution is 2.20. The molecule has 1 aliphatic rings. The Labute approximate surface area is 87.9 Å². The molecule has 1 saturated heterocycles. The lowest BCUT2D eigenvalue weighted by Crippen LogP contribution is -2.49. The summed E-state index contributed by atoms with van der Waals surface area (Å²) in [6.07, 6.45) is 0.326. The molecule has 1 heterocycles. The van der Waals surface area contributed by atoms with Gasteiger partial charge >= 0.3 is 6.03 Å². The monoisotopic (exact) mass is 204 g/mol. The molecule has 4 nitrogen and oxygen atoms in total. The molecule has 0 radical (unpaired) electrons. The highest BCUT2D eigenvalue weighted by Gasteiger charge is 2.29. The number of amides is 3. The van der Waals surface area contributed by atoms with Crippen LogP contribution in [0.25, 0.3) is 0 Å². The molecule has 3 amide bonds. The predicted molar refractivity (Wildman–Crippen MR) is 55.1 cm³/mol. The second kappa shape index (κ2) is 3.73. The number of urea groups is 1. The molecule has 1 fully saturated rings. The van der Waals surface area contributed by atoms with Gasteiger partial charge in [-0.1, -0.05) is 30.3 Å². The summed E-state index contributed by atoms with van der Waals surface area (Å²) in [6.45, 7) is 0. The summed E-state index contributed by atoms with van der Waals surface area (Å²) in [7, 11) is 1.48. The van der Waals surface area contributed by atoms with Gasteiger partial charge < -0.3 is 5.32 Å². The third-order valence-electron chi connectivity index (χ3n) is 2.56. The second-order valence-electron chi connectivity index (χ2n) is 3.57. The minimum atomic E-state index is -0.333. The Morgan fingerprint density at radius 1 is 1.27 bits per heavy atom. The second-order valence-corrected chi connectivity index (χ2v) is 3.57. The maximum atomic E-state index is 11.5. The first kappa shape index (κ1) is 9.71. The van der Waals surface area contributed by atoms with Gasteiger partial charge in [-0.2, -0.15) is 0 Å². The SMILES string of the molecule is CN1C(=O)CC(c2ccccc2)NC1=O. The maximum Gasteiger partial charge on any atom is 0.324 e. The van der Waals surface area contributed by atoms with E-state index in [1.807, 2.05) is 30.3 Å². The minimum Gasteiger partial charge on any atom is -0.330 e. The zero-order valence-corrected chi connectivity index (χ0v) is 8.43. The lowest BCUT2D eigenvalue weighted by molar-refractivity contribution is -0.129. The van der Waals surface area contributed by atoms with Crippen LogP contribution in [0.4, 0.5) is 4.79 Å². The van der Waals surface area contributed by atoms with Crippen molar-refractivity contribution in [3.63, 3.8) is 0 Å². The van der Waals surface area contributed by atoms with Gasteiger partial charge in [-0.05, 0) is 5.56 Å². The van der Waals surface area contributed by atoms with Crippen molar-refractivity contribution < 1.29 is 9.59 Å². The van der Waals surface area contributed by atoms with E-state index in [2.05, 4.69) is 5.32 Å². The summed E-state index contributed by atoms with van der Waals surface area (Å²) in [5.74, 6) is -0.146. The highest BCUT2D eigenvalue weighted by molar-refractivity contribution is 5.97. The lowest BCUT2D eigenvalue weighted by atomic mass is 10.0. The molecule has 4 heteroatoms. The number of benzene rings is 1. The van der Waals surface area contributed by atoms with Crippen molar-refractivity contribution >= 4 is 11.9 Å². The van der Waals surface area contributed by atoms with E-state index in [-0.39, 0.29) is 18.0 Å². The number of nitrogens with zero attached hydrogens (tertiary/aromatic N) is 1. The van der Waals surface area contributed by atoms with Crippen LogP contribution < -0.4 is 5.32 Å². The molecule has 15 heavy (non-hydrogen) atoms. The van der Waals surface area contributed by atoms with Gasteiger partial charge in [0.25, 0.3) is 0 Å². The number of nitrogens with one attached hydrogen (secondary N) is 1. The van der Waals surface area contributed by atoms with Gasteiger partial charge in [0.2, 0.25) is 5.91 Å². The van der Waals surface area contributed by atoms with Crippen molar-refractivity contribution in [3.05, 3.63) is 35.9 Å². The highest BCUT2D eigenvalue weighted by atomic mass is 16.2. The van der Waals surface area contributed by atoms with Crippen molar-refractivity contribution in [2.45, 2.75) is 12.5 Å². The van der Waals surface area contributed by atoms with Gasteiger partial charge in [0.1, 0.15) is 0 Å². The lowest BCUT2D eigenvalue weighted by Gasteiger charge is -2.28. The fourth-order valence-corrected chi connectivity index (χ4v) is 1.61. The molecule has 1 atom stereocenters. The van der Waals surface area contributed by atoms with Crippen LogP contribution in [-0.4, -0.2) is 23.9 Å². The summed E-state index contributed by atoms with van der Waals surface area (Å²) in [5.41, 5.74) is 0.965. The largest absolute Gasteiger partial charge is 0.330 e. The van der Waals surface area contributed by atoms with E-state index in [1.165, 1.54) is 7.05 Å². The van der Waals surface area contributed by atoms with Gasteiger partial charge in [-0.15, -0.1) is 0 Å². The fraction of sp³-hybridized carbons (Fsp3) is 0.273. The number of rotatable bonds is 1. The molecule has 1 N–H and O–H groups in total. The van der Waals surface area contributed by atoms with Crippen molar-refractivity contribution in [3.8, 4) is 0 Å². The number of carbonyl (C=O) groups is 2. The van der Waals surface area contributed by atoms with Gasteiger partial charge in [0.15, 0.2) is 0 Å². The Morgan fingerprint density at radius 3 is 2.53 bits per heavy atom. The molecule has 78 valence electrons. The van der Waals surface area contributed by atoms with Crippen LogP contribution in [-0.2, 0) is 4.79 Å². The van der Waals surface area contributed by atoms with Crippen molar-refractivity contribution in [2.75, 3.05) is 7.05 Å². The summed E-state index contributed by atoms with van der Waals surface area (Å²) in [5, 5.41) is 2.78.